The first-order valence-corrected chi connectivity index (χ1v) is 12.2. The van der Waals surface area contributed by atoms with Crippen molar-refractivity contribution in [3.05, 3.63) is 23.8 Å². The topological polar surface area (TPSA) is 70.0 Å². The van der Waals surface area contributed by atoms with E-state index in [1.54, 1.807) is 0 Å². The quantitative estimate of drug-likeness (QED) is 0.394. The number of rotatable bonds is 11. The van der Waals surface area contributed by atoms with E-state index in [9.17, 15) is 15.0 Å². The summed E-state index contributed by atoms with van der Waals surface area (Å²) in [5, 5.41) is 20.7. The molecule has 0 aromatic heterocycles. The molecule has 0 unspecified atom stereocenters. The van der Waals surface area contributed by atoms with Crippen molar-refractivity contribution in [3.8, 4) is 0 Å². The first kappa shape index (κ1) is 23.5. The smallest absolute Gasteiger partial charge is 0.222 e. The molecule has 1 saturated heterocycles. The number of fused-ring (bicyclic) bond motifs is 1. The van der Waals surface area contributed by atoms with E-state index in [1.807, 2.05) is 11.0 Å². The first-order chi connectivity index (χ1) is 14.6. The van der Waals surface area contributed by atoms with Crippen molar-refractivity contribution in [2.75, 3.05) is 26.3 Å². The SMILES string of the molecule is CCCCC[C@@H](O)/C=C/[C@@H]1[C@H]2CC(CCCCC(=O)N3CCOCC3)=C[C@H]2C[C@H]1O. The molecule has 3 aliphatic rings. The second kappa shape index (κ2) is 12.0. The van der Waals surface area contributed by atoms with Gasteiger partial charge in [0.25, 0.3) is 0 Å². The Labute approximate surface area is 182 Å². The molecule has 1 aliphatic heterocycles. The maximum atomic E-state index is 12.2. The monoisotopic (exact) mass is 419 g/mol. The summed E-state index contributed by atoms with van der Waals surface area (Å²) in [6.45, 7) is 4.97. The number of carbonyl (C=O) groups is 1. The lowest BCUT2D eigenvalue weighted by Crippen LogP contribution is -2.40. The van der Waals surface area contributed by atoms with Crippen LogP contribution in [0.4, 0.5) is 0 Å². The molecule has 2 aliphatic carbocycles. The average Bonchev–Trinajstić information content (AvgIpc) is 3.26. The van der Waals surface area contributed by atoms with Gasteiger partial charge >= 0.3 is 0 Å². The van der Waals surface area contributed by atoms with Gasteiger partial charge in [0.1, 0.15) is 0 Å². The third kappa shape index (κ3) is 6.66. The third-order valence-corrected chi connectivity index (χ3v) is 7.11. The van der Waals surface area contributed by atoms with Crippen LogP contribution < -0.4 is 0 Å². The van der Waals surface area contributed by atoms with Crippen molar-refractivity contribution < 1.29 is 19.7 Å². The zero-order chi connectivity index (χ0) is 21.3. The number of ether oxygens (including phenoxy) is 1. The highest BCUT2D eigenvalue weighted by Crippen LogP contribution is 2.48. The standard InChI is InChI=1S/C25H41NO4/c1-2-3-4-8-21(27)10-11-22-23-17-19(16-20(23)18-24(22)28)7-5-6-9-25(29)26-12-14-30-15-13-26/h10-11,16,20-24,27-28H,2-9,12-15,17-18H2,1H3/b11-10+/t20-,21+,22+,23-,24+/m0/s1. The summed E-state index contributed by atoms with van der Waals surface area (Å²) in [6.07, 6.45) is 15.5. The number of aliphatic hydroxyl groups is 2. The summed E-state index contributed by atoms with van der Waals surface area (Å²) in [5.74, 6) is 1.37. The van der Waals surface area contributed by atoms with Crippen LogP contribution in [-0.2, 0) is 9.53 Å². The molecule has 0 aromatic rings. The zero-order valence-electron chi connectivity index (χ0n) is 18.7. The van der Waals surface area contributed by atoms with Gasteiger partial charge in [-0.1, -0.05) is 50.0 Å². The van der Waals surface area contributed by atoms with E-state index < -0.39 is 0 Å². The summed E-state index contributed by atoms with van der Waals surface area (Å²) in [7, 11) is 0. The van der Waals surface area contributed by atoms with E-state index in [0.717, 1.165) is 70.9 Å². The van der Waals surface area contributed by atoms with Crippen molar-refractivity contribution in [1.29, 1.82) is 0 Å². The van der Waals surface area contributed by atoms with Crippen molar-refractivity contribution in [1.82, 2.24) is 4.90 Å². The highest BCUT2D eigenvalue weighted by Gasteiger charge is 2.43. The number of unbranched alkanes of at least 4 members (excludes halogenated alkanes) is 3. The fraction of sp³-hybridized carbons (Fsp3) is 0.800. The minimum absolute atomic E-state index is 0.160. The number of amides is 1. The highest BCUT2D eigenvalue weighted by atomic mass is 16.5. The predicted octanol–water partition coefficient (Wildman–Crippen LogP) is 3.85. The largest absolute Gasteiger partial charge is 0.392 e. The number of allylic oxidation sites excluding steroid dienone is 2. The van der Waals surface area contributed by atoms with Crippen LogP contribution in [0.2, 0.25) is 0 Å². The second-order valence-electron chi connectivity index (χ2n) is 9.39. The first-order valence-electron chi connectivity index (χ1n) is 12.2. The van der Waals surface area contributed by atoms with Crippen LogP contribution in [0.1, 0.15) is 71.1 Å². The predicted molar refractivity (Wildman–Crippen MR) is 119 cm³/mol. The molecule has 5 atom stereocenters. The van der Waals surface area contributed by atoms with Crippen LogP contribution in [0, 0.1) is 17.8 Å². The van der Waals surface area contributed by atoms with Crippen molar-refractivity contribution >= 4 is 5.91 Å². The molecular weight excluding hydrogens is 378 g/mol. The van der Waals surface area contributed by atoms with Gasteiger partial charge < -0.3 is 19.8 Å². The zero-order valence-corrected chi connectivity index (χ0v) is 18.7. The molecule has 1 amide bonds. The number of hydrogen-bond donors (Lipinski definition) is 2. The van der Waals surface area contributed by atoms with E-state index in [1.165, 1.54) is 5.57 Å². The van der Waals surface area contributed by atoms with Gasteiger partial charge in [-0.25, -0.2) is 0 Å². The normalized spacial score (nSPS) is 30.0. The summed E-state index contributed by atoms with van der Waals surface area (Å²) < 4.78 is 5.31. The van der Waals surface area contributed by atoms with Crippen LogP contribution in [0.25, 0.3) is 0 Å². The molecule has 5 nitrogen and oxygen atoms in total. The molecule has 30 heavy (non-hydrogen) atoms. The fourth-order valence-electron chi connectivity index (χ4n) is 5.35. The van der Waals surface area contributed by atoms with Gasteiger partial charge in [0, 0.05) is 25.4 Å². The van der Waals surface area contributed by atoms with Crippen LogP contribution >= 0.6 is 0 Å². The molecule has 0 bridgehead atoms. The number of hydrogen-bond acceptors (Lipinski definition) is 4. The average molecular weight is 420 g/mol. The fourth-order valence-corrected chi connectivity index (χ4v) is 5.35. The van der Waals surface area contributed by atoms with Crippen LogP contribution in [-0.4, -0.2) is 59.5 Å². The minimum atomic E-state index is -0.388. The maximum absolute atomic E-state index is 12.2. The van der Waals surface area contributed by atoms with Gasteiger partial charge in [0.05, 0.1) is 25.4 Å². The lowest BCUT2D eigenvalue weighted by molar-refractivity contribution is -0.135. The molecule has 1 saturated carbocycles. The van der Waals surface area contributed by atoms with E-state index in [4.69, 9.17) is 4.74 Å². The Morgan fingerprint density at radius 2 is 2.07 bits per heavy atom. The maximum Gasteiger partial charge on any atom is 0.222 e. The van der Waals surface area contributed by atoms with Gasteiger partial charge in [0.15, 0.2) is 0 Å². The summed E-state index contributed by atoms with van der Waals surface area (Å²) in [5.41, 5.74) is 1.50. The van der Waals surface area contributed by atoms with Gasteiger partial charge in [-0.3, -0.25) is 4.79 Å². The Hall–Kier alpha value is -1.17. The third-order valence-electron chi connectivity index (χ3n) is 7.11. The van der Waals surface area contributed by atoms with E-state index >= 15 is 0 Å². The molecule has 0 radical (unpaired) electrons. The Kier molecular flexibility index (Phi) is 9.41. The van der Waals surface area contributed by atoms with Crippen molar-refractivity contribution in [2.45, 2.75) is 83.3 Å². The van der Waals surface area contributed by atoms with Gasteiger partial charge in [-0.2, -0.15) is 0 Å². The van der Waals surface area contributed by atoms with Gasteiger partial charge in [-0.05, 0) is 50.4 Å². The van der Waals surface area contributed by atoms with Crippen molar-refractivity contribution in [3.63, 3.8) is 0 Å². The summed E-state index contributed by atoms with van der Waals surface area (Å²) >= 11 is 0. The lowest BCUT2D eigenvalue weighted by atomic mass is 9.88. The van der Waals surface area contributed by atoms with Crippen molar-refractivity contribution in [2.24, 2.45) is 17.8 Å². The summed E-state index contributed by atoms with van der Waals surface area (Å²) in [4.78, 5) is 14.2. The second-order valence-corrected chi connectivity index (χ2v) is 9.39. The summed E-state index contributed by atoms with van der Waals surface area (Å²) in [6, 6.07) is 0. The Morgan fingerprint density at radius 3 is 2.83 bits per heavy atom. The number of morpholine rings is 1. The lowest BCUT2D eigenvalue weighted by Gasteiger charge is -2.26. The van der Waals surface area contributed by atoms with E-state index in [0.29, 0.717) is 31.5 Å². The highest BCUT2D eigenvalue weighted by molar-refractivity contribution is 5.76. The van der Waals surface area contributed by atoms with Crippen LogP contribution in [0.5, 0.6) is 0 Å². The van der Waals surface area contributed by atoms with Crippen LogP contribution in [0.15, 0.2) is 23.8 Å². The van der Waals surface area contributed by atoms with E-state index in [-0.39, 0.29) is 24.0 Å². The Bertz CT molecular complexity index is 596. The molecule has 170 valence electrons. The molecule has 5 heteroatoms. The van der Waals surface area contributed by atoms with E-state index in [2.05, 4.69) is 19.1 Å². The van der Waals surface area contributed by atoms with Gasteiger partial charge in [0.2, 0.25) is 5.91 Å². The Morgan fingerprint density at radius 1 is 1.27 bits per heavy atom. The molecule has 1 heterocycles. The minimum Gasteiger partial charge on any atom is -0.392 e. The molecule has 2 fully saturated rings. The Balaban J connectivity index is 1.37. The molecule has 0 aromatic carbocycles. The number of nitrogens with zero attached hydrogens (tertiary/aromatic N) is 1. The molecule has 2 N–H and O–H groups in total. The van der Waals surface area contributed by atoms with Crippen LogP contribution in [0.3, 0.4) is 0 Å². The molecule has 0 spiro atoms. The molecular formula is C25H41NO4. The number of aliphatic hydroxyl groups excluding tert-OH is 2. The van der Waals surface area contributed by atoms with Gasteiger partial charge in [-0.15, -0.1) is 0 Å². The molecule has 3 rings (SSSR count). The number of carbonyl (C=O) groups excluding carboxylic acids is 1.